The number of hydrogen-bond acceptors (Lipinski definition) is 2. The molecule has 2 nitrogen and oxygen atoms in total. The van der Waals surface area contributed by atoms with E-state index >= 15 is 0 Å². The Morgan fingerprint density at radius 2 is 2.06 bits per heavy atom. The Morgan fingerprint density at radius 1 is 1.29 bits per heavy atom. The largest absolute Gasteiger partial charge is 0.356 e. The molecule has 0 N–H and O–H groups in total. The van der Waals surface area contributed by atoms with Crippen molar-refractivity contribution in [2.24, 2.45) is 11.8 Å². The molecule has 0 aliphatic carbocycles. The number of rotatable bonds is 3. The predicted octanol–water partition coefficient (Wildman–Crippen LogP) is 3.69. The summed E-state index contributed by atoms with van der Waals surface area (Å²) in [6.07, 6.45) is 3.26. The zero-order valence-corrected chi connectivity index (χ0v) is 11.5. The summed E-state index contributed by atoms with van der Waals surface area (Å²) < 4.78 is 0. The molecule has 94 valence electrons. The highest BCUT2D eigenvalue weighted by atomic mass is 15.2. The van der Waals surface area contributed by atoms with Gasteiger partial charge in [-0.05, 0) is 41.9 Å². The maximum absolute atomic E-state index is 4.52. The van der Waals surface area contributed by atoms with Crippen LogP contribution in [0, 0.1) is 11.8 Å². The van der Waals surface area contributed by atoms with Crippen LogP contribution in [0.5, 0.6) is 0 Å². The van der Waals surface area contributed by atoms with Crippen LogP contribution < -0.4 is 4.90 Å². The van der Waals surface area contributed by atoms with Gasteiger partial charge in [-0.1, -0.05) is 27.7 Å². The van der Waals surface area contributed by atoms with E-state index in [0.717, 1.165) is 18.4 Å². The Bertz CT molecular complexity index is 371. The molecule has 2 rings (SSSR count). The molecule has 17 heavy (non-hydrogen) atoms. The van der Waals surface area contributed by atoms with Crippen LogP contribution in [0.25, 0.3) is 0 Å². The molecule has 2 heteroatoms. The normalized spacial score (nSPS) is 20.6. The number of anilines is 1. The van der Waals surface area contributed by atoms with Crippen molar-refractivity contribution in [3.63, 3.8) is 0 Å². The zero-order chi connectivity index (χ0) is 12.4. The third-order valence-electron chi connectivity index (χ3n) is 3.93. The van der Waals surface area contributed by atoms with Crippen LogP contribution in [0.2, 0.25) is 0 Å². The van der Waals surface area contributed by atoms with Crippen molar-refractivity contribution in [1.82, 2.24) is 4.98 Å². The fourth-order valence-corrected chi connectivity index (χ4v) is 2.51. The summed E-state index contributed by atoms with van der Waals surface area (Å²) in [7, 11) is 0. The van der Waals surface area contributed by atoms with Crippen LogP contribution in [0.1, 0.15) is 45.6 Å². The minimum absolute atomic E-state index is 0.584. The van der Waals surface area contributed by atoms with Gasteiger partial charge in [-0.3, -0.25) is 0 Å². The lowest BCUT2D eigenvalue weighted by atomic mass is 9.95. The van der Waals surface area contributed by atoms with Gasteiger partial charge in [-0.15, -0.1) is 0 Å². The summed E-state index contributed by atoms with van der Waals surface area (Å²) in [5, 5.41) is 0. The number of pyridine rings is 1. The van der Waals surface area contributed by atoms with E-state index < -0.39 is 0 Å². The highest BCUT2D eigenvalue weighted by Gasteiger charge is 2.25. The highest BCUT2D eigenvalue weighted by Crippen LogP contribution is 2.28. The molecule has 0 radical (unpaired) electrons. The lowest BCUT2D eigenvalue weighted by Gasteiger charge is -2.20. The zero-order valence-electron chi connectivity index (χ0n) is 11.5. The second kappa shape index (κ2) is 5.07. The van der Waals surface area contributed by atoms with Crippen molar-refractivity contribution in [2.75, 3.05) is 18.0 Å². The maximum atomic E-state index is 4.52. The first-order chi connectivity index (χ1) is 8.08. The Morgan fingerprint density at radius 3 is 2.65 bits per heavy atom. The fraction of sp³-hybridized carbons (Fsp3) is 0.667. The van der Waals surface area contributed by atoms with E-state index in [1.165, 1.54) is 24.3 Å². The van der Waals surface area contributed by atoms with Crippen molar-refractivity contribution in [3.8, 4) is 0 Å². The molecular weight excluding hydrogens is 208 g/mol. The molecule has 1 aromatic heterocycles. The van der Waals surface area contributed by atoms with Gasteiger partial charge in [0.1, 0.15) is 5.82 Å². The van der Waals surface area contributed by atoms with Crippen LogP contribution in [-0.2, 0) is 0 Å². The van der Waals surface area contributed by atoms with Gasteiger partial charge in [0, 0.05) is 19.3 Å². The third-order valence-corrected chi connectivity index (χ3v) is 3.93. The molecule has 0 amide bonds. The monoisotopic (exact) mass is 232 g/mol. The van der Waals surface area contributed by atoms with Crippen molar-refractivity contribution in [1.29, 1.82) is 0 Å². The van der Waals surface area contributed by atoms with Crippen LogP contribution in [0.4, 0.5) is 5.82 Å². The second-order valence-electron chi connectivity index (χ2n) is 5.84. The van der Waals surface area contributed by atoms with Crippen molar-refractivity contribution in [2.45, 2.75) is 40.0 Å². The molecule has 0 saturated carbocycles. The van der Waals surface area contributed by atoms with Gasteiger partial charge in [-0.2, -0.15) is 0 Å². The van der Waals surface area contributed by atoms with Crippen molar-refractivity contribution < 1.29 is 0 Å². The van der Waals surface area contributed by atoms with Crippen molar-refractivity contribution >= 4 is 5.82 Å². The first-order valence-electron chi connectivity index (χ1n) is 6.79. The fourth-order valence-electron chi connectivity index (χ4n) is 2.51. The number of hydrogen-bond donors (Lipinski definition) is 0. The Balaban J connectivity index is 2.11. The number of nitrogens with zero attached hydrogens (tertiary/aromatic N) is 2. The van der Waals surface area contributed by atoms with Gasteiger partial charge < -0.3 is 4.90 Å². The van der Waals surface area contributed by atoms with Crippen LogP contribution in [0.3, 0.4) is 0 Å². The van der Waals surface area contributed by atoms with E-state index in [0.29, 0.717) is 5.92 Å². The smallest absolute Gasteiger partial charge is 0.128 e. The highest BCUT2D eigenvalue weighted by molar-refractivity contribution is 5.42. The van der Waals surface area contributed by atoms with E-state index in [1.807, 2.05) is 6.20 Å². The molecule has 0 aromatic carbocycles. The van der Waals surface area contributed by atoms with E-state index in [1.54, 1.807) is 0 Å². The van der Waals surface area contributed by atoms with E-state index in [9.17, 15) is 0 Å². The molecule has 2 heterocycles. The summed E-state index contributed by atoms with van der Waals surface area (Å²) in [5.41, 5.74) is 1.39. The van der Waals surface area contributed by atoms with Crippen LogP contribution in [-0.4, -0.2) is 18.1 Å². The van der Waals surface area contributed by atoms with E-state index in [2.05, 4.69) is 49.7 Å². The lowest BCUT2D eigenvalue weighted by molar-refractivity contribution is 0.422. The molecule has 0 bridgehead atoms. The molecule has 1 aliphatic heterocycles. The molecule has 1 aromatic rings. The van der Waals surface area contributed by atoms with Crippen LogP contribution in [0.15, 0.2) is 18.3 Å². The third kappa shape index (κ3) is 2.80. The second-order valence-corrected chi connectivity index (χ2v) is 5.84. The topological polar surface area (TPSA) is 16.1 Å². The van der Waals surface area contributed by atoms with Crippen molar-refractivity contribution in [3.05, 3.63) is 23.9 Å². The molecule has 0 spiro atoms. The molecule has 1 fully saturated rings. The lowest BCUT2D eigenvalue weighted by Crippen LogP contribution is -2.22. The average molecular weight is 232 g/mol. The SMILES string of the molecule is CC(C)c1ccnc(N2CCC(C(C)C)C2)c1. The maximum Gasteiger partial charge on any atom is 0.128 e. The standard InChI is InChI=1S/C15H24N2/c1-11(2)13-5-7-16-15(9-13)17-8-6-14(10-17)12(3)4/h5,7,9,11-12,14H,6,8,10H2,1-4H3. The predicted molar refractivity (Wildman–Crippen MR) is 73.5 cm³/mol. The minimum Gasteiger partial charge on any atom is -0.356 e. The van der Waals surface area contributed by atoms with Gasteiger partial charge >= 0.3 is 0 Å². The van der Waals surface area contributed by atoms with Gasteiger partial charge in [0.25, 0.3) is 0 Å². The minimum atomic E-state index is 0.584. The van der Waals surface area contributed by atoms with Crippen LogP contribution >= 0.6 is 0 Å². The van der Waals surface area contributed by atoms with Gasteiger partial charge in [0.15, 0.2) is 0 Å². The van der Waals surface area contributed by atoms with Gasteiger partial charge in [0.2, 0.25) is 0 Å². The molecular formula is C15H24N2. The molecule has 1 aliphatic rings. The Labute approximate surface area is 105 Å². The first kappa shape index (κ1) is 12.4. The van der Waals surface area contributed by atoms with E-state index in [-0.39, 0.29) is 0 Å². The Kier molecular flexibility index (Phi) is 3.70. The van der Waals surface area contributed by atoms with E-state index in [4.69, 9.17) is 0 Å². The first-order valence-corrected chi connectivity index (χ1v) is 6.79. The molecule has 1 atom stereocenters. The summed E-state index contributed by atoms with van der Waals surface area (Å²) >= 11 is 0. The quantitative estimate of drug-likeness (QED) is 0.790. The molecule has 1 saturated heterocycles. The Hall–Kier alpha value is -1.05. The summed E-state index contributed by atoms with van der Waals surface area (Å²) in [6.45, 7) is 11.5. The molecule has 1 unspecified atom stereocenters. The summed E-state index contributed by atoms with van der Waals surface area (Å²) in [6, 6.07) is 4.39. The van der Waals surface area contributed by atoms with Gasteiger partial charge in [0.05, 0.1) is 0 Å². The summed E-state index contributed by atoms with van der Waals surface area (Å²) in [5.74, 6) is 3.37. The van der Waals surface area contributed by atoms with Gasteiger partial charge in [-0.25, -0.2) is 4.98 Å². The summed E-state index contributed by atoms with van der Waals surface area (Å²) in [4.78, 5) is 6.96. The number of aromatic nitrogens is 1. The average Bonchev–Trinajstić information content (AvgIpc) is 2.78.